The van der Waals surface area contributed by atoms with E-state index in [1.807, 2.05) is 0 Å². The van der Waals surface area contributed by atoms with Crippen LogP contribution in [0.2, 0.25) is 0 Å². The van der Waals surface area contributed by atoms with Crippen molar-refractivity contribution in [2.75, 3.05) is 32.0 Å². The van der Waals surface area contributed by atoms with Crippen molar-refractivity contribution < 1.29 is 19.5 Å². The number of hydrogen-bond acceptors (Lipinski definition) is 3. The van der Waals surface area contributed by atoms with E-state index in [1.54, 1.807) is 4.90 Å². The predicted molar refractivity (Wildman–Crippen MR) is 79.5 cm³/mol. The summed E-state index contributed by atoms with van der Waals surface area (Å²) in [5.41, 5.74) is -0.843. The maximum absolute atomic E-state index is 12.5. The number of nitrogens with zero attached hydrogens (tertiary/aromatic N) is 3. The summed E-state index contributed by atoms with van der Waals surface area (Å²) in [7, 11) is 1.50. The number of likely N-dealkylation sites (tertiary alicyclic amines) is 1. The van der Waals surface area contributed by atoms with Crippen LogP contribution >= 0.6 is 15.9 Å². The molecule has 0 radical (unpaired) electrons. The maximum Gasteiger partial charge on any atom is 0.407 e. The fourth-order valence-electron chi connectivity index (χ4n) is 3.10. The lowest BCUT2D eigenvalue weighted by Crippen LogP contribution is -2.57. The topological polar surface area (TPSA) is 81.2 Å². The van der Waals surface area contributed by atoms with Gasteiger partial charge in [-0.05, 0) is 25.7 Å². The van der Waals surface area contributed by atoms with E-state index in [4.69, 9.17) is 5.11 Å². The summed E-state index contributed by atoms with van der Waals surface area (Å²) in [6.07, 6.45) is 1.54. The fraction of sp³-hybridized carbons (Fsp3) is 0.769. The summed E-state index contributed by atoms with van der Waals surface area (Å²) >= 11 is 3.36. The molecule has 1 N–H and O–H groups in total. The van der Waals surface area contributed by atoms with Crippen LogP contribution in [0.4, 0.5) is 9.59 Å². The Hall–Kier alpha value is -1.31. The Kier molecular flexibility index (Phi) is 4.75. The average Bonchev–Trinajstić information content (AvgIpc) is 2.64. The van der Waals surface area contributed by atoms with Gasteiger partial charge in [0.05, 0.1) is 0 Å². The number of urea groups is 1. The minimum Gasteiger partial charge on any atom is -0.465 e. The monoisotopic (exact) mass is 361 g/mol. The first kappa shape index (κ1) is 16.1. The van der Waals surface area contributed by atoms with Gasteiger partial charge in [-0.2, -0.15) is 0 Å². The van der Waals surface area contributed by atoms with E-state index in [0.717, 1.165) is 18.2 Å². The number of imide groups is 1. The molecule has 2 fully saturated rings. The first-order chi connectivity index (χ1) is 9.94. The Morgan fingerprint density at radius 2 is 1.90 bits per heavy atom. The quantitative estimate of drug-likeness (QED) is 0.468. The lowest BCUT2D eigenvalue weighted by Gasteiger charge is -2.41. The third-order valence-corrected chi connectivity index (χ3v) is 4.92. The molecule has 7 nitrogen and oxygen atoms in total. The molecule has 0 aromatic heterocycles. The molecule has 0 aromatic carbocycles. The number of rotatable bonds is 4. The zero-order chi connectivity index (χ0) is 15.6. The zero-order valence-electron chi connectivity index (χ0n) is 12.0. The number of halogens is 1. The van der Waals surface area contributed by atoms with Crippen LogP contribution in [0.1, 0.15) is 25.7 Å². The van der Waals surface area contributed by atoms with Crippen LogP contribution in [0.3, 0.4) is 0 Å². The molecule has 8 heteroatoms. The van der Waals surface area contributed by atoms with Gasteiger partial charge in [0.15, 0.2) is 0 Å². The summed E-state index contributed by atoms with van der Waals surface area (Å²) in [5.74, 6) is -0.198. The van der Waals surface area contributed by atoms with Gasteiger partial charge in [0, 0.05) is 32.0 Å². The molecule has 2 saturated heterocycles. The summed E-state index contributed by atoms with van der Waals surface area (Å²) in [6, 6.07) is -0.265. The highest BCUT2D eigenvalue weighted by molar-refractivity contribution is 9.09. The van der Waals surface area contributed by atoms with E-state index in [9.17, 15) is 14.4 Å². The highest BCUT2D eigenvalue weighted by Gasteiger charge is 2.56. The van der Waals surface area contributed by atoms with Crippen LogP contribution < -0.4 is 0 Å². The number of carbonyl (C=O) groups is 3. The van der Waals surface area contributed by atoms with Crippen LogP contribution in [0, 0.1) is 0 Å². The van der Waals surface area contributed by atoms with E-state index < -0.39 is 11.6 Å². The van der Waals surface area contributed by atoms with Gasteiger partial charge in [-0.15, -0.1) is 0 Å². The number of carboxylic acid groups (broad SMARTS) is 1. The second-order valence-corrected chi connectivity index (χ2v) is 6.29. The Morgan fingerprint density at radius 3 is 2.43 bits per heavy atom. The smallest absolute Gasteiger partial charge is 0.407 e. The molecule has 2 aliphatic rings. The molecule has 118 valence electrons. The molecule has 2 heterocycles. The van der Waals surface area contributed by atoms with Crippen LogP contribution in [0.25, 0.3) is 0 Å². The molecule has 0 bridgehead atoms. The van der Waals surface area contributed by atoms with Crippen molar-refractivity contribution in [1.82, 2.24) is 14.7 Å². The third kappa shape index (κ3) is 2.73. The van der Waals surface area contributed by atoms with E-state index >= 15 is 0 Å². The van der Waals surface area contributed by atoms with E-state index in [1.165, 1.54) is 16.8 Å². The van der Waals surface area contributed by atoms with Gasteiger partial charge in [-0.3, -0.25) is 9.69 Å². The van der Waals surface area contributed by atoms with Gasteiger partial charge < -0.3 is 14.9 Å². The van der Waals surface area contributed by atoms with Gasteiger partial charge in [0.25, 0.3) is 5.91 Å². The lowest BCUT2D eigenvalue weighted by atomic mass is 9.86. The number of alkyl halides is 1. The van der Waals surface area contributed by atoms with Gasteiger partial charge in [-0.25, -0.2) is 9.59 Å². The Morgan fingerprint density at radius 1 is 1.29 bits per heavy atom. The number of piperidine rings is 1. The highest BCUT2D eigenvalue weighted by Crippen LogP contribution is 2.36. The van der Waals surface area contributed by atoms with Crippen molar-refractivity contribution in [1.29, 1.82) is 0 Å². The summed E-state index contributed by atoms with van der Waals surface area (Å²) in [5, 5.41) is 9.88. The summed E-state index contributed by atoms with van der Waals surface area (Å²) in [4.78, 5) is 39.9. The van der Waals surface area contributed by atoms with Gasteiger partial charge in [-0.1, -0.05) is 15.9 Å². The van der Waals surface area contributed by atoms with Crippen LogP contribution in [-0.2, 0) is 4.79 Å². The summed E-state index contributed by atoms with van der Waals surface area (Å²) in [6.45, 7) is 1.11. The minimum absolute atomic E-state index is 0.198. The lowest BCUT2D eigenvalue weighted by molar-refractivity contribution is -0.134. The molecule has 2 aliphatic heterocycles. The second-order valence-electron chi connectivity index (χ2n) is 5.50. The van der Waals surface area contributed by atoms with Crippen LogP contribution in [0.15, 0.2) is 0 Å². The predicted octanol–water partition coefficient (Wildman–Crippen LogP) is 1.57. The zero-order valence-corrected chi connectivity index (χ0v) is 13.6. The Balaban J connectivity index is 2.15. The van der Waals surface area contributed by atoms with Gasteiger partial charge >= 0.3 is 12.1 Å². The SMILES string of the molecule is CN1C(=O)N(CCCCBr)C2(CCN(C(=O)O)CC2)C1=O. The normalized spacial score (nSPS) is 21.5. The number of carbonyl (C=O) groups excluding carboxylic acids is 2. The molecule has 0 unspecified atom stereocenters. The molecule has 2 rings (SSSR count). The standard InChI is InChI=1S/C13H20BrN3O4/c1-15-10(18)13(4-8-16(9-5-13)12(20)21)17(11(15)19)7-3-2-6-14/h2-9H2,1H3,(H,20,21). The van der Waals surface area contributed by atoms with Crippen molar-refractivity contribution in [3.05, 3.63) is 0 Å². The largest absolute Gasteiger partial charge is 0.465 e. The van der Waals surface area contributed by atoms with Crippen molar-refractivity contribution >= 4 is 34.0 Å². The number of likely N-dealkylation sites (N-methyl/N-ethyl adjacent to an activating group) is 1. The molecule has 4 amide bonds. The highest BCUT2D eigenvalue weighted by atomic mass is 79.9. The number of hydrogen-bond donors (Lipinski definition) is 1. The molecule has 0 aromatic rings. The Labute approximate surface area is 132 Å². The second kappa shape index (κ2) is 6.21. The third-order valence-electron chi connectivity index (χ3n) is 4.36. The summed E-state index contributed by atoms with van der Waals surface area (Å²) < 4.78 is 0. The first-order valence-corrected chi connectivity index (χ1v) is 8.20. The van der Waals surface area contributed by atoms with E-state index in [0.29, 0.717) is 19.4 Å². The molecule has 0 saturated carbocycles. The average molecular weight is 362 g/mol. The molecule has 0 aliphatic carbocycles. The van der Waals surface area contributed by atoms with Crippen molar-refractivity contribution in [3.8, 4) is 0 Å². The Bertz CT molecular complexity index is 449. The van der Waals surface area contributed by atoms with Crippen LogP contribution in [0.5, 0.6) is 0 Å². The molecule has 0 atom stereocenters. The molecule has 21 heavy (non-hydrogen) atoms. The van der Waals surface area contributed by atoms with Gasteiger partial charge in [0.2, 0.25) is 0 Å². The van der Waals surface area contributed by atoms with Gasteiger partial charge in [0.1, 0.15) is 5.54 Å². The minimum atomic E-state index is -0.971. The number of amides is 4. The molecular formula is C13H20BrN3O4. The molecular weight excluding hydrogens is 342 g/mol. The molecule has 1 spiro atoms. The van der Waals surface area contributed by atoms with Crippen molar-refractivity contribution in [2.24, 2.45) is 0 Å². The van der Waals surface area contributed by atoms with E-state index in [2.05, 4.69) is 15.9 Å². The van der Waals surface area contributed by atoms with Crippen molar-refractivity contribution in [2.45, 2.75) is 31.2 Å². The number of unbranched alkanes of at least 4 members (excludes halogenated alkanes) is 1. The first-order valence-electron chi connectivity index (χ1n) is 7.07. The van der Waals surface area contributed by atoms with E-state index in [-0.39, 0.29) is 25.0 Å². The maximum atomic E-state index is 12.5. The van der Waals surface area contributed by atoms with Crippen molar-refractivity contribution in [3.63, 3.8) is 0 Å². The fourth-order valence-corrected chi connectivity index (χ4v) is 3.50. The van der Waals surface area contributed by atoms with Crippen LogP contribution in [-0.4, -0.2) is 75.4 Å².